The van der Waals surface area contributed by atoms with Crippen LogP contribution in [0.3, 0.4) is 0 Å². The third kappa shape index (κ3) is 10.7. The van der Waals surface area contributed by atoms with Crippen LogP contribution in [0.5, 0.6) is 11.5 Å². The van der Waals surface area contributed by atoms with Crippen LogP contribution in [0.2, 0.25) is 0 Å². The molecule has 9 aromatic rings. The molecule has 0 unspecified atom stereocenters. The molecule has 0 aliphatic heterocycles. The predicted molar refractivity (Wildman–Crippen MR) is 297 cm³/mol. The van der Waals surface area contributed by atoms with Crippen LogP contribution in [0.25, 0.3) is 45.8 Å². The average Bonchev–Trinajstić information content (AvgIpc) is 3.42. The van der Waals surface area contributed by atoms with Gasteiger partial charge in [0.15, 0.2) is 0 Å². The van der Waals surface area contributed by atoms with E-state index in [1.54, 1.807) is 0 Å². The summed E-state index contributed by atoms with van der Waals surface area (Å²) in [5.74, 6) is 1.90. The zero-order valence-electron chi connectivity index (χ0n) is 39.9. The van der Waals surface area contributed by atoms with Gasteiger partial charge in [-0.05, 0) is 216 Å². The fourth-order valence-electron chi connectivity index (χ4n) is 10.2. The quantitative estimate of drug-likeness (QED) is 0.0802. The Kier molecular flexibility index (Phi) is 13.5. The molecule has 0 aromatic heterocycles. The number of anilines is 6. The molecule has 0 heterocycles. The Morgan fingerprint density at radius 1 is 0.286 bits per heavy atom. The van der Waals surface area contributed by atoms with Gasteiger partial charge in [-0.3, -0.25) is 0 Å². The van der Waals surface area contributed by atoms with Gasteiger partial charge in [0.25, 0.3) is 0 Å². The average molecular weight is 913 g/mol. The summed E-state index contributed by atoms with van der Waals surface area (Å²) in [5, 5.41) is 4.93. The van der Waals surface area contributed by atoms with Crippen molar-refractivity contribution < 1.29 is 9.47 Å². The van der Waals surface area contributed by atoms with E-state index in [1.165, 1.54) is 71.2 Å². The second kappa shape index (κ2) is 21.2. The molecule has 0 amide bonds. The molecule has 70 heavy (non-hydrogen) atoms. The fourth-order valence-corrected chi connectivity index (χ4v) is 10.2. The molecule has 0 N–H and O–H groups in total. The standard InChI is InChI=1S/C66H60N2O2/c1-5-13-57(14-6-1)67(61-37-41-65(42-38-61)69-63-17-9-3-10-18-63)59-33-27-49(28-34-59)21-23-51-25-31-53-48-56-46-52(26-32-54(56)47-55(53)45-51)24-22-50-29-35-60(36-30-50)68(58-15-7-2-8-16-58)62-39-43-66(44-40-62)70-64-19-11-4-12-20-64/h1-2,5-8,13-16,21-48,63-64H,3-4,9-12,17-20H2. The second-order valence-electron chi connectivity index (χ2n) is 19.0. The van der Waals surface area contributed by atoms with Gasteiger partial charge in [0.1, 0.15) is 11.5 Å². The van der Waals surface area contributed by atoms with Crippen molar-refractivity contribution in [3.05, 3.63) is 229 Å². The lowest BCUT2D eigenvalue weighted by Crippen LogP contribution is -2.19. The SMILES string of the molecule is C(=Cc1ccc2cc3cc(C=Cc4ccc(N(c5ccccc5)c5ccc(OC6CCCCC6)cc5)cc4)ccc3cc2c1)c1ccc(N(c2ccccc2)c2ccc(OC3CCCCC3)cc2)cc1. The smallest absolute Gasteiger partial charge is 0.119 e. The Labute approximate surface area is 413 Å². The lowest BCUT2D eigenvalue weighted by molar-refractivity contribution is 0.155. The van der Waals surface area contributed by atoms with Gasteiger partial charge in [0.05, 0.1) is 12.2 Å². The largest absolute Gasteiger partial charge is 0.490 e. The van der Waals surface area contributed by atoms with Crippen molar-refractivity contribution >= 4 is 80.0 Å². The molecule has 346 valence electrons. The van der Waals surface area contributed by atoms with E-state index in [4.69, 9.17) is 9.47 Å². The van der Waals surface area contributed by atoms with Crippen LogP contribution in [0.1, 0.15) is 86.5 Å². The minimum atomic E-state index is 0.334. The molecular formula is C66H60N2O2. The summed E-state index contributed by atoms with van der Waals surface area (Å²) in [6.07, 6.45) is 21.8. The summed E-state index contributed by atoms with van der Waals surface area (Å²) in [6.45, 7) is 0. The molecule has 9 aromatic carbocycles. The van der Waals surface area contributed by atoms with Crippen LogP contribution >= 0.6 is 0 Å². The minimum absolute atomic E-state index is 0.334. The van der Waals surface area contributed by atoms with Gasteiger partial charge in [-0.25, -0.2) is 0 Å². The lowest BCUT2D eigenvalue weighted by Gasteiger charge is -2.26. The van der Waals surface area contributed by atoms with E-state index >= 15 is 0 Å². The molecule has 2 fully saturated rings. The van der Waals surface area contributed by atoms with Gasteiger partial charge in [-0.2, -0.15) is 0 Å². The van der Waals surface area contributed by atoms with E-state index in [0.717, 1.165) is 82.4 Å². The molecule has 2 aliphatic carbocycles. The zero-order chi connectivity index (χ0) is 46.9. The number of hydrogen-bond donors (Lipinski definition) is 0. The summed E-state index contributed by atoms with van der Waals surface area (Å²) in [4.78, 5) is 4.61. The molecule has 2 saturated carbocycles. The number of hydrogen-bond acceptors (Lipinski definition) is 4. The number of nitrogens with zero attached hydrogens (tertiary/aromatic N) is 2. The van der Waals surface area contributed by atoms with Gasteiger partial charge in [-0.1, -0.05) is 122 Å². The van der Waals surface area contributed by atoms with E-state index < -0.39 is 0 Å². The molecule has 4 heteroatoms. The highest BCUT2D eigenvalue weighted by Crippen LogP contribution is 2.38. The summed E-state index contributed by atoms with van der Waals surface area (Å²) in [7, 11) is 0. The van der Waals surface area contributed by atoms with Crippen molar-refractivity contribution in [3.8, 4) is 11.5 Å². The molecule has 0 bridgehead atoms. The molecular weight excluding hydrogens is 853 g/mol. The van der Waals surface area contributed by atoms with E-state index in [-0.39, 0.29) is 0 Å². The maximum absolute atomic E-state index is 6.35. The Balaban J connectivity index is 0.756. The first-order valence-electron chi connectivity index (χ1n) is 25.4. The topological polar surface area (TPSA) is 24.9 Å². The number of rotatable bonds is 14. The normalized spacial score (nSPS) is 14.6. The highest BCUT2D eigenvalue weighted by Gasteiger charge is 2.18. The van der Waals surface area contributed by atoms with Crippen LogP contribution in [0.15, 0.2) is 206 Å². The Morgan fingerprint density at radius 2 is 0.600 bits per heavy atom. The van der Waals surface area contributed by atoms with Gasteiger partial charge >= 0.3 is 0 Å². The summed E-state index contributed by atoms with van der Waals surface area (Å²) in [6, 6.07) is 74.1. The number of benzene rings is 9. The Hall–Kier alpha value is -7.82. The van der Waals surface area contributed by atoms with Crippen molar-refractivity contribution in [3.63, 3.8) is 0 Å². The second-order valence-corrected chi connectivity index (χ2v) is 19.0. The molecule has 0 spiro atoms. The van der Waals surface area contributed by atoms with E-state index in [2.05, 4.69) is 240 Å². The first-order chi connectivity index (χ1) is 34.6. The predicted octanol–water partition coefficient (Wildman–Crippen LogP) is 18.7. The minimum Gasteiger partial charge on any atom is -0.490 e. The van der Waals surface area contributed by atoms with Gasteiger partial charge in [-0.15, -0.1) is 0 Å². The first-order valence-corrected chi connectivity index (χ1v) is 25.4. The number of ether oxygens (including phenoxy) is 2. The molecule has 4 nitrogen and oxygen atoms in total. The van der Waals surface area contributed by atoms with Crippen molar-refractivity contribution in [2.75, 3.05) is 9.80 Å². The Bertz CT molecular complexity index is 2970. The zero-order valence-corrected chi connectivity index (χ0v) is 39.9. The van der Waals surface area contributed by atoms with Crippen LogP contribution < -0.4 is 19.3 Å². The van der Waals surface area contributed by atoms with Crippen molar-refractivity contribution in [1.29, 1.82) is 0 Å². The van der Waals surface area contributed by atoms with Gasteiger partial charge in [0.2, 0.25) is 0 Å². The van der Waals surface area contributed by atoms with Crippen LogP contribution in [0, 0.1) is 0 Å². The van der Waals surface area contributed by atoms with Crippen molar-refractivity contribution in [2.24, 2.45) is 0 Å². The van der Waals surface area contributed by atoms with E-state index in [9.17, 15) is 0 Å². The number of para-hydroxylation sites is 2. The maximum Gasteiger partial charge on any atom is 0.119 e. The van der Waals surface area contributed by atoms with E-state index in [0.29, 0.717) is 12.2 Å². The highest BCUT2D eigenvalue weighted by molar-refractivity contribution is 6.00. The third-order valence-corrected chi connectivity index (χ3v) is 14.0. The monoisotopic (exact) mass is 912 g/mol. The third-order valence-electron chi connectivity index (χ3n) is 14.0. The maximum atomic E-state index is 6.35. The van der Waals surface area contributed by atoms with Gasteiger partial charge < -0.3 is 19.3 Å². The summed E-state index contributed by atoms with van der Waals surface area (Å²) < 4.78 is 12.7. The highest BCUT2D eigenvalue weighted by atomic mass is 16.5. The van der Waals surface area contributed by atoms with Crippen LogP contribution in [-0.2, 0) is 0 Å². The summed E-state index contributed by atoms with van der Waals surface area (Å²) >= 11 is 0. The number of fused-ring (bicyclic) bond motifs is 2. The van der Waals surface area contributed by atoms with Gasteiger partial charge in [0, 0.05) is 34.1 Å². The molecule has 0 atom stereocenters. The molecule has 11 rings (SSSR count). The van der Waals surface area contributed by atoms with Crippen LogP contribution in [0.4, 0.5) is 34.1 Å². The Morgan fingerprint density at radius 3 is 0.971 bits per heavy atom. The lowest BCUT2D eigenvalue weighted by atomic mass is 9.98. The van der Waals surface area contributed by atoms with Crippen molar-refractivity contribution in [2.45, 2.75) is 76.4 Å². The fraction of sp³-hybridized carbons (Fsp3) is 0.182. The first kappa shape index (κ1) is 44.7. The molecule has 2 aliphatic rings. The van der Waals surface area contributed by atoms with Crippen molar-refractivity contribution in [1.82, 2.24) is 0 Å². The van der Waals surface area contributed by atoms with E-state index in [1.807, 2.05) is 0 Å². The summed E-state index contributed by atoms with van der Waals surface area (Å²) in [5.41, 5.74) is 11.3. The molecule has 0 radical (unpaired) electrons. The molecule has 0 saturated heterocycles. The van der Waals surface area contributed by atoms with Crippen LogP contribution in [-0.4, -0.2) is 12.2 Å².